The van der Waals surface area contributed by atoms with Crippen LogP contribution in [-0.2, 0) is 6.42 Å². The summed E-state index contributed by atoms with van der Waals surface area (Å²) in [6.45, 7) is 0.800. The van der Waals surface area contributed by atoms with Crippen LogP contribution in [0.25, 0.3) is 0 Å². The third-order valence-corrected chi connectivity index (χ3v) is 3.57. The molecule has 1 N–H and O–H groups in total. The van der Waals surface area contributed by atoms with E-state index in [0.717, 1.165) is 41.4 Å². The van der Waals surface area contributed by atoms with Crippen LogP contribution in [0.5, 0.6) is 0 Å². The molecule has 0 aromatic carbocycles. The smallest absolute Gasteiger partial charge is 0.270 e. The highest BCUT2D eigenvalue weighted by Crippen LogP contribution is 2.35. The zero-order chi connectivity index (χ0) is 13.5. The van der Waals surface area contributed by atoms with Crippen LogP contribution in [0, 0.1) is 0 Å². The first kappa shape index (κ1) is 11.2. The van der Waals surface area contributed by atoms with Gasteiger partial charge in [0.1, 0.15) is 0 Å². The van der Waals surface area contributed by atoms with Crippen molar-refractivity contribution in [3.05, 3.63) is 69.7 Å². The fraction of sp³-hybridized carbons (Fsp3) is 0.133. The first-order valence-corrected chi connectivity index (χ1v) is 6.53. The van der Waals surface area contributed by atoms with Crippen molar-refractivity contribution in [2.45, 2.75) is 6.42 Å². The second-order valence-electron chi connectivity index (χ2n) is 4.79. The van der Waals surface area contributed by atoms with E-state index in [0.29, 0.717) is 0 Å². The number of nitrogens with one attached hydrogen (secondary N) is 1. The van der Waals surface area contributed by atoms with Gasteiger partial charge in [-0.15, -0.1) is 0 Å². The Labute approximate surface area is 115 Å². The van der Waals surface area contributed by atoms with E-state index < -0.39 is 0 Å². The average Bonchev–Trinajstić information content (AvgIpc) is 2.82. The van der Waals surface area contributed by atoms with Crippen LogP contribution in [0.4, 0.5) is 5.69 Å². The van der Waals surface area contributed by atoms with E-state index in [1.165, 1.54) is 6.07 Å². The van der Waals surface area contributed by atoms with Gasteiger partial charge in [-0.3, -0.25) is 4.79 Å². The van der Waals surface area contributed by atoms with Gasteiger partial charge in [-0.25, -0.2) is 9.98 Å². The number of aliphatic imine (C=N–C) groups is 1. The fourth-order valence-corrected chi connectivity index (χ4v) is 2.71. The first-order chi connectivity index (χ1) is 9.83. The zero-order valence-electron chi connectivity index (χ0n) is 10.7. The van der Waals surface area contributed by atoms with Crippen molar-refractivity contribution in [1.82, 2.24) is 10.3 Å². The van der Waals surface area contributed by atoms with E-state index in [2.05, 4.69) is 20.2 Å². The van der Waals surface area contributed by atoms with Crippen molar-refractivity contribution in [2.24, 2.45) is 4.99 Å². The monoisotopic (exact) mass is 264 g/mol. The van der Waals surface area contributed by atoms with Crippen molar-refractivity contribution in [1.29, 1.82) is 0 Å². The van der Waals surface area contributed by atoms with E-state index in [1.807, 2.05) is 24.4 Å². The molecular formula is C15H12N4O. The fourth-order valence-electron chi connectivity index (χ4n) is 2.71. The van der Waals surface area contributed by atoms with Gasteiger partial charge in [0, 0.05) is 37.0 Å². The molecule has 0 saturated carbocycles. The number of rotatable bonds is 0. The average molecular weight is 264 g/mol. The van der Waals surface area contributed by atoms with E-state index in [9.17, 15) is 4.79 Å². The summed E-state index contributed by atoms with van der Waals surface area (Å²) in [6.07, 6.45) is 10.4. The number of hydrogen-bond acceptors (Lipinski definition) is 5. The second kappa shape index (κ2) is 4.16. The van der Waals surface area contributed by atoms with Crippen LogP contribution in [0.3, 0.4) is 0 Å². The third-order valence-electron chi connectivity index (χ3n) is 3.57. The Hall–Kier alpha value is -2.69. The number of hydrogen-bond donors (Lipinski definition) is 1. The van der Waals surface area contributed by atoms with Crippen LogP contribution in [0.15, 0.2) is 57.9 Å². The maximum atomic E-state index is 11.6. The van der Waals surface area contributed by atoms with Gasteiger partial charge < -0.3 is 10.2 Å². The molecule has 0 fully saturated rings. The van der Waals surface area contributed by atoms with Crippen molar-refractivity contribution in [2.75, 3.05) is 11.4 Å². The molecule has 0 radical (unpaired) electrons. The maximum Gasteiger partial charge on any atom is 0.270 e. The lowest BCUT2D eigenvalue weighted by atomic mass is 10.2. The molecule has 5 heteroatoms. The predicted octanol–water partition coefficient (Wildman–Crippen LogP) is 1.08. The maximum absolute atomic E-state index is 11.6. The SMILES string of the molecule is O=c1ccc2c3c(n1)CCN3/C(=C1/C=CC=CN1)N=C2. The Balaban J connectivity index is 1.93. The van der Waals surface area contributed by atoms with Gasteiger partial charge in [-0.1, -0.05) is 6.08 Å². The van der Waals surface area contributed by atoms with E-state index in [-0.39, 0.29) is 5.56 Å². The quantitative estimate of drug-likeness (QED) is 0.762. The van der Waals surface area contributed by atoms with E-state index in [4.69, 9.17) is 0 Å². The predicted molar refractivity (Wildman–Crippen MR) is 77.6 cm³/mol. The largest absolute Gasteiger partial charge is 0.359 e. The van der Waals surface area contributed by atoms with Crippen LogP contribution in [-0.4, -0.2) is 17.7 Å². The summed E-state index contributed by atoms with van der Waals surface area (Å²) in [7, 11) is 0. The van der Waals surface area contributed by atoms with Gasteiger partial charge in [0.25, 0.3) is 5.56 Å². The minimum atomic E-state index is -0.197. The molecule has 98 valence electrons. The topological polar surface area (TPSA) is 57.6 Å². The minimum absolute atomic E-state index is 0.197. The van der Waals surface area contributed by atoms with Crippen LogP contribution >= 0.6 is 0 Å². The van der Waals surface area contributed by atoms with Crippen LogP contribution < -0.4 is 15.8 Å². The van der Waals surface area contributed by atoms with Gasteiger partial charge in [0.15, 0.2) is 5.82 Å². The van der Waals surface area contributed by atoms with Crippen molar-refractivity contribution < 1.29 is 0 Å². The third kappa shape index (κ3) is 1.60. The molecule has 0 atom stereocenters. The summed E-state index contributed by atoms with van der Waals surface area (Å²) in [4.78, 5) is 22.4. The highest BCUT2D eigenvalue weighted by Gasteiger charge is 2.29. The molecule has 5 nitrogen and oxygen atoms in total. The number of anilines is 1. The molecule has 1 aromatic rings. The molecule has 3 aliphatic heterocycles. The Morgan fingerprint density at radius 1 is 1.25 bits per heavy atom. The summed E-state index contributed by atoms with van der Waals surface area (Å²) in [5.41, 5.74) is 3.57. The Morgan fingerprint density at radius 3 is 3.05 bits per heavy atom. The molecule has 4 heterocycles. The highest BCUT2D eigenvalue weighted by molar-refractivity contribution is 5.93. The molecule has 0 amide bonds. The normalized spacial score (nSPS) is 21.9. The Bertz CT molecular complexity index is 774. The van der Waals surface area contributed by atoms with Crippen molar-refractivity contribution >= 4 is 11.9 Å². The molecule has 0 aliphatic carbocycles. The molecule has 0 saturated heterocycles. The lowest BCUT2D eigenvalue weighted by Crippen LogP contribution is -2.26. The standard InChI is InChI=1S/C15H12N4O/c20-13-5-4-10-9-17-15(12-3-1-2-7-16-12)19-8-6-11(18-13)14(10)19/h1-5,7,9,16H,6,8H2/b15-12-. The molecule has 1 aromatic heterocycles. The number of nitrogens with zero attached hydrogens (tertiary/aromatic N) is 3. The molecular weight excluding hydrogens is 252 g/mol. The van der Waals surface area contributed by atoms with Gasteiger partial charge >= 0.3 is 0 Å². The summed E-state index contributed by atoms with van der Waals surface area (Å²) in [5, 5.41) is 3.20. The van der Waals surface area contributed by atoms with E-state index in [1.54, 1.807) is 12.3 Å². The summed E-state index contributed by atoms with van der Waals surface area (Å²) < 4.78 is 0. The first-order valence-electron chi connectivity index (χ1n) is 6.53. The molecule has 0 spiro atoms. The van der Waals surface area contributed by atoms with E-state index >= 15 is 0 Å². The van der Waals surface area contributed by atoms with Gasteiger partial charge in [0.2, 0.25) is 0 Å². The van der Waals surface area contributed by atoms with Crippen molar-refractivity contribution in [3.63, 3.8) is 0 Å². The Kier molecular flexibility index (Phi) is 2.32. The molecule has 3 aliphatic rings. The lowest BCUT2D eigenvalue weighted by Gasteiger charge is -2.26. The molecule has 20 heavy (non-hydrogen) atoms. The zero-order valence-corrected chi connectivity index (χ0v) is 10.7. The Morgan fingerprint density at radius 2 is 2.20 bits per heavy atom. The minimum Gasteiger partial charge on any atom is -0.359 e. The molecule has 0 bridgehead atoms. The van der Waals surface area contributed by atoms with Gasteiger partial charge in [-0.2, -0.15) is 0 Å². The van der Waals surface area contributed by atoms with Crippen LogP contribution in [0.1, 0.15) is 11.3 Å². The van der Waals surface area contributed by atoms with Crippen molar-refractivity contribution in [3.8, 4) is 0 Å². The summed E-state index contributed by atoms with van der Waals surface area (Å²) in [5.74, 6) is 0.872. The number of allylic oxidation sites excluding steroid dienone is 3. The van der Waals surface area contributed by atoms with Crippen LogP contribution in [0.2, 0.25) is 0 Å². The molecule has 4 rings (SSSR count). The lowest BCUT2D eigenvalue weighted by molar-refractivity contribution is 0.885. The number of aromatic nitrogens is 1. The summed E-state index contributed by atoms with van der Waals surface area (Å²) in [6, 6.07) is 3.29. The van der Waals surface area contributed by atoms with Gasteiger partial charge in [0.05, 0.1) is 17.1 Å². The second-order valence-corrected chi connectivity index (χ2v) is 4.79. The highest BCUT2D eigenvalue weighted by atomic mass is 16.1. The summed E-state index contributed by atoms with van der Waals surface area (Å²) >= 11 is 0. The number of dihydropyridines is 1. The molecule has 0 unspecified atom stereocenters. The van der Waals surface area contributed by atoms with Gasteiger partial charge in [-0.05, 0) is 18.2 Å².